The predicted octanol–water partition coefficient (Wildman–Crippen LogP) is 2.96. The van der Waals surface area contributed by atoms with Crippen molar-refractivity contribution in [1.29, 1.82) is 0 Å². The summed E-state index contributed by atoms with van der Waals surface area (Å²) in [5.74, 6) is -1.78. The Labute approximate surface area is 121 Å². The van der Waals surface area contributed by atoms with Crippen molar-refractivity contribution in [3.05, 3.63) is 58.7 Å². The van der Waals surface area contributed by atoms with Gasteiger partial charge in [0.15, 0.2) is 0 Å². The molecule has 2 rings (SSSR count). The standard InChI is InChI=1S/C16H15NO4/c1-9-3-5-12(10(2)7-9)15(19)17-14-6-4-11(18)8-13(14)16(20)21/h3-8,18H,1-2H3,(H,17,19)(H,20,21). The number of aromatic hydroxyl groups is 1. The number of hydrogen-bond donors (Lipinski definition) is 3. The van der Waals surface area contributed by atoms with E-state index in [0.29, 0.717) is 5.56 Å². The molecule has 0 aliphatic rings. The van der Waals surface area contributed by atoms with E-state index in [-0.39, 0.29) is 22.9 Å². The first kappa shape index (κ1) is 14.6. The molecule has 0 heterocycles. The molecule has 0 aliphatic carbocycles. The van der Waals surface area contributed by atoms with Crippen LogP contribution in [-0.2, 0) is 0 Å². The second-order valence-corrected chi connectivity index (χ2v) is 4.81. The number of aryl methyl sites for hydroxylation is 2. The number of nitrogens with one attached hydrogen (secondary N) is 1. The normalized spacial score (nSPS) is 10.2. The van der Waals surface area contributed by atoms with Gasteiger partial charge >= 0.3 is 5.97 Å². The van der Waals surface area contributed by atoms with Crippen molar-refractivity contribution < 1.29 is 19.8 Å². The summed E-state index contributed by atoms with van der Waals surface area (Å²) in [6, 6.07) is 9.17. The summed E-state index contributed by atoms with van der Waals surface area (Å²) in [6.07, 6.45) is 0. The topological polar surface area (TPSA) is 86.6 Å². The Morgan fingerprint density at radius 1 is 1.00 bits per heavy atom. The maximum Gasteiger partial charge on any atom is 0.337 e. The molecule has 21 heavy (non-hydrogen) atoms. The highest BCUT2D eigenvalue weighted by Crippen LogP contribution is 2.22. The van der Waals surface area contributed by atoms with E-state index in [1.54, 1.807) is 6.07 Å². The number of carboxylic acid groups (broad SMARTS) is 1. The maximum absolute atomic E-state index is 12.2. The fourth-order valence-electron chi connectivity index (χ4n) is 2.08. The molecule has 2 aromatic rings. The lowest BCUT2D eigenvalue weighted by molar-refractivity contribution is 0.0697. The Morgan fingerprint density at radius 3 is 2.33 bits per heavy atom. The third-order valence-corrected chi connectivity index (χ3v) is 3.11. The highest BCUT2D eigenvalue weighted by Gasteiger charge is 2.15. The van der Waals surface area contributed by atoms with Crippen molar-refractivity contribution in [3.63, 3.8) is 0 Å². The molecule has 0 bridgehead atoms. The number of carboxylic acids is 1. The smallest absolute Gasteiger partial charge is 0.337 e. The van der Waals surface area contributed by atoms with Gasteiger partial charge in [0.05, 0.1) is 11.3 Å². The van der Waals surface area contributed by atoms with Gasteiger partial charge in [-0.1, -0.05) is 17.7 Å². The first-order valence-electron chi connectivity index (χ1n) is 6.33. The minimum Gasteiger partial charge on any atom is -0.508 e. The minimum atomic E-state index is -1.22. The number of carbonyl (C=O) groups excluding carboxylic acids is 1. The Balaban J connectivity index is 2.34. The van der Waals surface area contributed by atoms with E-state index in [1.165, 1.54) is 12.1 Å². The highest BCUT2D eigenvalue weighted by molar-refractivity contribution is 6.08. The fraction of sp³-hybridized carbons (Fsp3) is 0.125. The van der Waals surface area contributed by atoms with Gasteiger partial charge in [-0.25, -0.2) is 4.79 Å². The molecule has 0 unspecified atom stereocenters. The van der Waals surface area contributed by atoms with Crippen molar-refractivity contribution in [2.75, 3.05) is 5.32 Å². The van der Waals surface area contributed by atoms with Gasteiger partial charge in [0.1, 0.15) is 5.75 Å². The number of amides is 1. The zero-order valence-electron chi connectivity index (χ0n) is 11.7. The maximum atomic E-state index is 12.2. The quantitative estimate of drug-likeness (QED) is 0.757. The van der Waals surface area contributed by atoms with Crippen molar-refractivity contribution in [2.24, 2.45) is 0 Å². The summed E-state index contributed by atoms with van der Waals surface area (Å²) in [7, 11) is 0. The van der Waals surface area contributed by atoms with Crippen molar-refractivity contribution in [3.8, 4) is 5.75 Å². The number of anilines is 1. The van der Waals surface area contributed by atoms with Crippen LogP contribution >= 0.6 is 0 Å². The number of phenols is 1. The molecule has 3 N–H and O–H groups in total. The zero-order valence-corrected chi connectivity index (χ0v) is 11.7. The molecule has 0 aliphatic heterocycles. The molecule has 0 spiro atoms. The molecule has 2 aromatic carbocycles. The number of phenolic OH excluding ortho intramolecular Hbond substituents is 1. The lowest BCUT2D eigenvalue weighted by atomic mass is 10.0. The summed E-state index contributed by atoms with van der Waals surface area (Å²) >= 11 is 0. The van der Waals surface area contributed by atoms with Gasteiger partial charge in [-0.3, -0.25) is 4.79 Å². The van der Waals surface area contributed by atoms with Crippen LogP contribution in [0.4, 0.5) is 5.69 Å². The van der Waals surface area contributed by atoms with Crippen LogP contribution in [0.5, 0.6) is 5.75 Å². The molecular formula is C16H15NO4. The minimum absolute atomic E-state index is 0.144. The van der Waals surface area contributed by atoms with E-state index in [1.807, 2.05) is 26.0 Å². The SMILES string of the molecule is Cc1ccc(C(=O)Nc2ccc(O)cc2C(=O)O)c(C)c1. The Hall–Kier alpha value is -2.82. The number of hydrogen-bond acceptors (Lipinski definition) is 3. The van der Waals surface area contributed by atoms with Gasteiger partial charge in [0.25, 0.3) is 5.91 Å². The summed E-state index contributed by atoms with van der Waals surface area (Å²) in [6.45, 7) is 3.74. The number of aromatic carboxylic acids is 1. The molecule has 0 saturated carbocycles. The predicted molar refractivity (Wildman–Crippen MR) is 78.9 cm³/mol. The Morgan fingerprint density at radius 2 is 1.71 bits per heavy atom. The summed E-state index contributed by atoms with van der Waals surface area (Å²) in [4.78, 5) is 23.4. The van der Waals surface area contributed by atoms with Crippen molar-refractivity contribution >= 4 is 17.6 Å². The van der Waals surface area contributed by atoms with Crippen LogP contribution in [0.15, 0.2) is 36.4 Å². The van der Waals surface area contributed by atoms with Crippen LogP contribution in [0, 0.1) is 13.8 Å². The van der Waals surface area contributed by atoms with Crippen molar-refractivity contribution in [2.45, 2.75) is 13.8 Å². The summed E-state index contributed by atoms with van der Waals surface area (Å²) in [5, 5.41) is 21.0. The molecule has 5 nitrogen and oxygen atoms in total. The molecule has 0 fully saturated rings. The lowest BCUT2D eigenvalue weighted by Gasteiger charge is -2.11. The number of carbonyl (C=O) groups is 2. The second kappa shape index (κ2) is 5.66. The molecular weight excluding hydrogens is 270 g/mol. The van der Waals surface area contributed by atoms with Crippen LogP contribution in [0.25, 0.3) is 0 Å². The highest BCUT2D eigenvalue weighted by atomic mass is 16.4. The van der Waals surface area contributed by atoms with Crippen LogP contribution in [0.3, 0.4) is 0 Å². The van der Waals surface area contributed by atoms with Crippen molar-refractivity contribution in [1.82, 2.24) is 0 Å². The molecule has 0 saturated heterocycles. The first-order valence-corrected chi connectivity index (χ1v) is 6.33. The average molecular weight is 285 g/mol. The van der Waals surface area contributed by atoms with E-state index in [2.05, 4.69) is 5.32 Å². The van der Waals surface area contributed by atoms with Crippen LogP contribution in [0.1, 0.15) is 31.8 Å². The third kappa shape index (κ3) is 3.20. The van der Waals surface area contributed by atoms with Gasteiger partial charge in [-0.05, 0) is 43.7 Å². The van der Waals surface area contributed by atoms with E-state index in [9.17, 15) is 14.7 Å². The Kier molecular flexibility index (Phi) is 3.93. The molecule has 108 valence electrons. The van der Waals surface area contributed by atoms with Gasteiger partial charge in [-0.2, -0.15) is 0 Å². The van der Waals surface area contributed by atoms with Gasteiger partial charge in [-0.15, -0.1) is 0 Å². The molecule has 1 amide bonds. The van der Waals surface area contributed by atoms with Crippen LogP contribution < -0.4 is 5.32 Å². The van der Waals surface area contributed by atoms with E-state index >= 15 is 0 Å². The third-order valence-electron chi connectivity index (χ3n) is 3.11. The van der Waals surface area contributed by atoms with E-state index < -0.39 is 5.97 Å². The number of benzene rings is 2. The van der Waals surface area contributed by atoms with Gasteiger partial charge in [0, 0.05) is 5.56 Å². The van der Waals surface area contributed by atoms with E-state index in [0.717, 1.165) is 17.2 Å². The van der Waals surface area contributed by atoms with E-state index in [4.69, 9.17) is 5.11 Å². The zero-order chi connectivity index (χ0) is 15.6. The Bertz CT molecular complexity index is 722. The monoisotopic (exact) mass is 285 g/mol. The molecule has 5 heteroatoms. The summed E-state index contributed by atoms with van der Waals surface area (Å²) in [5.41, 5.74) is 2.31. The second-order valence-electron chi connectivity index (χ2n) is 4.81. The summed E-state index contributed by atoms with van der Waals surface area (Å²) < 4.78 is 0. The van der Waals surface area contributed by atoms with Gasteiger partial charge < -0.3 is 15.5 Å². The molecule has 0 aromatic heterocycles. The lowest BCUT2D eigenvalue weighted by Crippen LogP contribution is -2.16. The molecule has 0 atom stereocenters. The van der Waals surface area contributed by atoms with Crippen LogP contribution in [-0.4, -0.2) is 22.1 Å². The number of rotatable bonds is 3. The fourth-order valence-corrected chi connectivity index (χ4v) is 2.08. The largest absolute Gasteiger partial charge is 0.508 e. The first-order chi connectivity index (χ1) is 9.88. The van der Waals surface area contributed by atoms with Crippen LogP contribution in [0.2, 0.25) is 0 Å². The molecule has 0 radical (unpaired) electrons. The average Bonchev–Trinajstić information content (AvgIpc) is 2.40. The van der Waals surface area contributed by atoms with Gasteiger partial charge in [0.2, 0.25) is 0 Å².